The van der Waals surface area contributed by atoms with E-state index in [9.17, 15) is 0 Å². The molecule has 2 aromatic rings. The molecule has 0 bridgehead atoms. The molecule has 0 spiro atoms. The predicted octanol–water partition coefficient (Wildman–Crippen LogP) is 1.58. The van der Waals surface area contributed by atoms with Gasteiger partial charge in [-0.05, 0) is 12.1 Å². The maximum atomic E-state index is 9.14. The summed E-state index contributed by atoms with van der Waals surface area (Å²) in [5, 5.41) is 13.2. The molecule has 68 valence electrons. The van der Waals surface area contributed by atoms with Crippen molar-refractivity contribution in [2.24, 2.45) is 0 Å². The van der Waals surface area contributed by atoms with Crippen LogP contribution in [0.25, 0.3) is 5.69 Å². The van der Waals surface area contributed by atoms with Gasteiger partial charge in [-0.3, -0.25) is 0 Å². The monoisotopic (exact) mass is 218 g/mol. The summed E-state index contributed by atoms with van der Waals surface area (Å²) in [5.41, 5.74) is 0.865. The van der Waals surface area contributed by atoms with E-state index in [1.165, 1.54) is 4.68 Å². The summed E-state index contributed by atoms with van der Waals surface area (Å²) in [5.74, 6) is -0.148. The Morgan fingerprint density at radius 3 is 2.36 bits per heavy atom. The van der Waals surface area contributed by atoms with Gasteiger partial charge in [0.2, 0.25) is 5.88 Å². The van der Waals surface area contributed by atoms with Crippen LogP contribution < -0.4 is 0 Å². The Bertz CT molecular complexity index is 397. The van der Waals surface area contributed by atoms with Gasteiger partial charge in [0.15, 0.2) is 0 Å². The number of aromatic hydroxyl groups is 1. The van der Waals surface area contributed by atoms with E-state index in [0.29, 0.717) is 0 Å². The third-order valence-corrected chi connectivity index (χ3v) is 1.94. The summed E-state index contributed by atoms with van der Waals surface area (Å²) in [6, 6.07) is 9.45. The average Bonchev–Trinajstić information content (AvgIpc) is 2.49. The fraction of sp³-hybridized carbons (Fsp3) is 0. The van der Waals surface area contributed by atoms with Crippen LogP contribution in [0, 0.1) is 0 Å². The summed E-state index contributed by atoms with van der Waals surface area (Å²) < 4.78 is 1.53. The van der Waals surface area contributed by atoms with Crippen molar-refractivity contribution in [1.82, 2.24) is 9.78 Å². The molecule has 1 aromatic carbocycles. The zero-order chi connectivity index (χ0) is 9.26. The first-order valence-corrected chi connectivity index (χ1v) is 4.15. The number of nitrogens with zero attached hydrogens (tertiary/aromatic N) is 2. The van der Waals surface area contributed by atoms with Gasteiger partial charge in [0.25, 0.3) is 0 Å². The van der Waals surface area contributed by atoms with Crippen molar-refractivity contribution in [3.63, 3.8) is 0 Å². The van der Waals surface area contributed by atoms with Gasteiger partial charge in [-0.25, -0.2) is 4.68 Å². The molecular weight excluding hydrogens is 211 g/mol. The summed E-state index contributed by atoms with van der Waals surface area (Å²) in [4.78, 5) is 0. The van der Waals surface area contributed by atoms with Crippen LogP contribution in [0.1, 0.15) is 0 Å². The quantitative estimate of drug-likeness (QED) is 0.738. The topological polar surface area (TPSA) is 38.1 Å². The van der Waals surface area contributed by atoms with Crippen LogP contribution in [0.4, 0.5) is 0 Å². The first-order valence-electron chi connectivity index (χ1n) is 3.77. The third kappa shape index (κ3) is 2.30. The molecule has 1 heterocycles. The van der Waals surface area contributed by atoms with Gasteiger partial charge in [0.05, 0.1) is 11.9 Å². The van der Waals surface area contributed by atoms with E-state index in [-0.39, 0.29) is 40.5 Å². The Labute approximate surface area is 109 Å². The standard InChI is InChI=1S/C9H7ClN2O.Na.H/c10-8-6-12(11-9(8)13)7-4-2-1-3-5-7;;/h1-6H,(H,11,13);;. The van der Waals surface area contributed by atoms with Crippen LogP contribution >= 0.6 is 11.6 Å². The second-order valence-corrected chi connectivity index (χ2v) is 2.99. The van der Waals surface area contributed by atoms with E-state index in [2.05, 4.69) is 5.10 Å². The van der Waals surface area contributed by atoms with Crippen molar-refractivity contribution in [3.05, 3.63) is 41.6 Å². The molecule has 1 N–H and O–H groups in total. The second kappa shape index (κ2) is 4.84. The average molecular weight is 219 g/mol. The second-order valence-electron chi connectivity index (χ2n) is 2.58. The van der Waals surface area contributed by atoms with E-state index in [0.717, 1.165) is 5.69 Å². The number of hydrogen-bond donors (Lipinski definition) is 1. The van der Waals surface area contributed by atoms with Gasteiger partial charge in [-0.2, -0.15) is 0 Å². The molecule has 0 radical (unpaired) electrons. The SMILES string of the molecule is Oc1nn(-c2ccccc2)cc1Cl.[NaH]. The molecule has 0 aliphatic carbocycles. The fourth-order valence-corrected chi connectivity index (χ4v) is 1.19. The van der Waals surface area contributed by atoms with Gasteiger partial charge >= 0.3 is 29.6 Å². The molecule has 1 aromatic heterocycles. The van der Waals surface area contributed by atoms with Gasteiger partial charge in [-0.15, -0.1) is 5.10 Å². The van der Waals surface area contributed by atoms with E-state index in [1.807, 2.05) is 30.3 Å². The Morgan fingerprint density at radius 2 is 1.86 bits per heavy atom. The molecule has 14 heavy (non-hydrogen) atoms. The number of aromatic nitrogens is 2. The normalized spacial score (nSPS) is 9.50. The first-order chi connectivity index (χ1) is 6.27. The van der Waals surface area contributed by atoms with Crippen LogP contribution in [-0.4, -0.2) is 44.4 Å². The molecule has 0 saturated carbocycles. The summed E-state index contributed by atoms with van der Waals surface area (Å²) in [6.07, 6.45) is 1.56. The Kier molecular flexibility index (Phi) is 4.01. The number of para-hydroxylation sites is 1. The van der Waals surface area contributed by atoms with E-state index >= 15 is 0 Å². The van der Waals surface area contributed by atoms with Crippen molar-refractivity contribution in [3.8, 4) is 11.6 Å². The van der Waals surface area contributed by atoms with Crippen molar-refractivity contribution >= 4 is 41.2 Å². The molecule has 3 nitrogen and oxygen atoms in total. The van der Waals surface area contributed by atoms with E-state index < -0.39 is 0 Å². The molecule has 0 fully saturated rings. The molecule has 5 heteroatoms. The van der Waals surface area contributed by atoms with E-state index in [4.69, 9.17) is 16.7 Å². The summed E-state index contributed by atoms with van der Waals surface area (Å²) in [7, 11) is 0. The molecule has 0 atom stereocenters. The third-order valence-electron chi connectivity index (χ3n) is 1.67. The number of benzene rings is 1. The number of rotatable bonds is 1. The van der Waals surface area contributed by atoms with E-state index in [1.54, 1.807) is 6.20 Å². The van der Waals surface area contributed by atoms with Crippen molar-refractivity contribution in [1.29, 1.82) is 0 Å². The molecule has 0 aliphatic heterocycles. The molecule has 0 amide bonds. The Hall–Kier alpha value is -0.480. The minimum absolute atomic E-state index is 0. The molecular formula is C9H8ClN2NaO. The summed E-state index contributed by atoms with van der Waals surface area (Å²) in [6.45, 7) is 0. The number of halogens is 1. The maximum absolute atomic E-state index is 9.14. The molecule has 0 saturated heterocycles. The Balaban J connectivity index is 0.000000980. The van der Waals surface area contributed by atoms with Crippen molar-refractivity contribution < 1.29 is 5.11 Å². The van der Waals surface area contributed by atoms with Crippen LogP contribution in [0.5, 0.6) is 5.88 Å². The van der Waals surface area contributed by atoms with Crippen LogP contribution in [0.3, 0.4) is 0 Å². The predicted molar refractivity (Wildman–Crippen MR) is 57.4 cm³/mol. The van der Waals surface area contributed by atoms with Crippen LogP contribution in [0.2, 0.25) is 5.02 Å². The van der Waals surface area contributed by atoms with Gasteiger partial charge in [0.1, 0.15) is 5.02 Å². The van der Waals surface area contributed by atoms with Gasteiger partial charge in [-0.1, -0.05) is 29.8 Å². The number of hydrogen-bond acceptors (Lipinski definition) is 2. The van der Waals surface area contributed by atoms with Crippen LogP contribution in [0.15, 0.2) is 36.5 Å². The van der Waals surface area contributed by atoms with Crippen molar-refractivity contribution in [2.45, 2.75) is 0 Å². The summed E-state index contributed by atoms with van der Waals surface area (Å²) >= 11 is 5.65. The molecule has 0 unspecified atom stereocenters. The minimum atomic E-state index is -0.148. The van der Waals surface area contributed by atoms with Gasteiger partial charge in [0, 0.05) is 0 Å². The zero-order valence-electron chi connectivity index (χ0n) is 6.68. The Morgan fingerprint density at radius 1 is 1.21 bits per heavy atom. The van der Waals surface area contributed by atoms with Gasteiger partial charge < -0.3 is 5.11 Å². The van der Waals surface area contributed by atoms with Crippen LogP contribution in [-0.2, 0) is 0 Å². The molecule has 2 rings (SSSR count). The first kappa shape index (κ1) is 11.6. The van der Waals surface area contributed by atoms with Crippen molar-refractivity contribution in [2.75, 3.05) is 0 Å². The zero-order valence-corrected chi connectivity index (χ0v) is 7.44. The fourth-order valence-electron chi connectivity index (χ4n) is 1.06. The molecule has 0 aliphatic rings.